The van der Waals surface area contributed by atoms with Gasteiger partial charge in [-0.05, 0) is 19.3 Å². The second-order valence-electron chi connectivity index (χ2n) is 3.68. The zero-order valence-corrected chi connectivity index (χ0v) is 9.52. The van der Waals surface area contributed by atoms with Crippen LogP contribution in [0.15, 0.2) is 0 Å². The maximum atomic E-state index is 11.2. The molecule has 0 fully saturated rings. The second kappa shape index (κ2) is 6.65. The van der Waals surface area contributed by atoms with Gasteiger partial charge in [0.25, 0.3) is 0 Å². The molecule has 0 aromatic rings. The average Bonchev–Trinajstić information content (AvgIpc) is 2.23. The first kappa shape index (κ1) is 13.2. The van der Waals surface area contributed by atoms with Crippen LogP contribution in [0.1, 0.15) is 40.0 Å². The molecule has 0 rings (SSSR count). The molecule has 0 radical (unpaired) electrons. The van der Waals surface area contributed by atoms with Crippen LogP contribution in [0.3, 0.4) is 0 Å². The first-order valence-electron chi connectivity index (χ1n) is 5.38. The van der Waals surface area contributed by atoms with Gasteiger partial charge in [-0.25, -0.2) is 4.79 Å². The van der Waals surface area contributed by atoms with Crippen LogP contribution >= 0.6 is 0 Å². The van der Waals surface area contributed by atoms with Crippen LogP contribution in [0, 0.1) is 0 Å². The highest BCUT2D eigenvalue weighted by Gasteiger charge is 2.20. The fourth-order valence-electron chi connectivity index (χ4n) is 1.06. The average molecular weight is 201 g/mol. The summed E-state index contributed by atoms with van der Waals surface area (Å²) in [6.07, 6.45) is 2.69. The molecule has 0 heterocycles. The summed E-state index contributed by atoms with van der Waals surface area (Å²) >= 11 is 0. The molecule has 0 saturated carbocycles. The Balaban J connectivity index is 3.74. The lowest BCUT2D eigenvalue weighted by Crippen LogP contribution is -2.51. The van der Waals surface area contributed by atoms with Gasteiger partial charge in [0.2, 0.25) is 0 Å². The SMILES string of the molecule is CCCNC(=O)NCC(N)(CC)CC. The van der Waals surface area contributed by atoms with E-state index in [1.54, 1.807) is 0 Å². The van der Waals surface area contributed by atoms with E-state index >= 15 is 0 Å². The van der Waals surface area contributed by atoms with Crippen molar-refractivity contribution in [2.75, 3.05) is 13.1 Å². The van der Waals surface area contributed by atoms with Crippen molar-refractivity contribution in [1.82, 2.24) is 10.6 Å². The quantitative estimate of drug-likeness (QED) is 0.604. The van der Waals surface area contributed by atoms with E-state index in [1.807, 2.05) is 20.8 Å². The van der Waals surface area contributed by atoms with Crippen molar-refractivity contribution in [3.63, 3.8) is 0 Å². The number of rotatable bonds is 6. The Morgan fingerprint density at radius 2 is 1.79 bits per heavy atom. The number of urea groups is 1. The molecule has 4 nitrogen and oxygen atoms in total. The Morgan fingerprint density at radius 3 is 2.21 bits per heavy atom. The van der Waals surface area contributed by atoms with E-state index in [0.717, 1.165) is 19.3 Å². The topological polar surface area (TPSA) is 67.2 Å². The maximum Gasteiger partial charge on any atom is 0.314 e. The smallest absolute Gasteiger partial charge is 0.314 e. The number of nitrogens with one attached hydrogen (secondary N) is 2. The van der Waals surface area contributed by atoms with E-state index < -0.39 is 0 Å². The molecule has 0 aromatic heterocycles. The minimum absolute atomic E-state index is 0.122. The third-order valence-corrected chi connectivity index (χ3v) is 2.54. The molecule has 0 aliphatic carbocycles. The molecule has 84 valence electrons. The van der Waals surface area contributed by atoms with Crippen LogP contribution in [-0.2, 0) is 0 Å². The van der Waals surface area contributed by atoms with Gasteiger partial charge in [0.05, 0.1) is 0 Å². The van der Waals surface area contributed by atoms with Gasteiger partial charge in [-0.2, -0.15) is 0 Å². The summed E-state index contributed by atoms with van der Waals surface area (Å²) in [5.41, 5.74) is 5.77. The van der Waals surface area contributed by atoms with E-state index in [1.165, 1.54) is 0 Å². The minimum atomic E-state index is -0.260. The summed E-state index contributed by atoms with van der Waals surface area (Å²) in [5, 5.41) is 5.53. The van der Waals surface area contributed by atoms with Crippen LogP contribution in [0.4, 0.5) is 4.79 Å². The fourth-order valence-corrected chi connectivity index (χ4v) is 1.06. The Hall–Kier alpha value is -0.770. The van der Waals surface area contributed by atoms with Crippen molar-refractivity contribution in [3.8, 4) is 0 Å². The monoisotopic (exact) mass is 201 g/mol. The Labute approximate surface area is 86.6 Å². The predicted molar refractivity (Wildman–Crippen MR) is 59.2 cm³/mol. The predicted octanol–water partition coefficient (Wildman–Crippen LogP) is 1.21. The number of carbonyl (C=O) groups is 1. The summed E-state index contributed by atoms with van der Waals surface area (Å²) in [6, 6.07) is -0.122. The Bertz CT molecular complexity index is 167. The van der Waals surface area contributed by atoms with Crippen LogP contribution in [0.25, 0.3) is 0 Å². The highest BCUT2D eigenvalue weighted by molar-refractivity contribution is 5.73. The molecule has 0 aliphatic heterocycles. The Morgan fingerprint density at radius 1 is 1.21 bits per heavy atom. The van der Waals surface area contributed by atoms with E-state index in [9.17, 15) is 4.79 Å². The molecule has 0 atom stereocenters. The first-order valence-corrected chi connectivity index (χ1v) is 5.38. The van der Waals surface area contributed by atoms with Gasteiger partial charge in [-0.3, -0.25) is 0 Å². The van der Waals surface area contributed by atoms with Gasteiger partial charge in [-0.15, -0.1) is 0 Å². The summed E-state index contributed by atoms with van der Waals surface area (Å²) < 4.78 is 0. The minimum Gasteiger partial charge on any atom is -0.338 e. The van der Waals surface area contributed by atoms with Gasteiger partial charge < -0.3 is 16.4 Å². The fraction of sp³-hybridized carbons (Fsp3) is 0.900. The van der Waals surface area contributed by atoms with Crippen molar-refractivity contribution in [2.45, 2.75) is 45.6 Å². The summed E-state index contributed by atoms with van der Waals surface area (Å²) in [5.74, 6) is 0. The number of hydrogen-bond donors (Lipinski definition) is 3. The van der Waals surface area contributed by atoms with Crippen molar-refractivity contribution in [1.29, 1.82) is 0 Å². The molecule has 0 spiro atoms. The normalized spacial score (nSPS) is 11.1. The molecule has 0 aromatic carbocycles. The molecule has 4 heteroatoms. The highest BCUT2D eigenvalue weighted by Crippen LogP contribution is 2.08. The van der Waals surface area contributed by atoms with E-state index in [4.69, 9.17) is 5.73 Å². The lowest BCUT2D eigenvalue weighted by atomic mass is 9.94. The van der Waals surface area contributed by atoms with E-state index in [-0.39, 0.29) is 11.6 Å². The molecular formula is C10H23N3O. The van der Waals surface area contributed by atoms with Gasteiger partial charge in [-0.1, -0.05) is 20.8 Å². The highest BCUT2D eigenvalue weighted by atomic mass is 16.2. The maximum absolute atomic E-state index is 11.2. The molecule has 0 unspecified atom stereocenters. The van der Waals surface area contributed by atoms with Gasteiger partial charge in [0.1, 0.15) is 0 Å². The zero-order valence-electron chi connectivity index (χ0n) is 9.52. The lowest BCUT2D eigenvalue weighted by molar-refractivity contribution is 0.236. The Kier molecular flexibility index (Phi) is 6.28. The lowest BCUT2D eigenvalue weighted by Gasteiger charge is -2.26. The van der Waals surface area contributed by atoms with Crippen molar-refractivity contribution in [2.24, 2.45) is 5.73 Å². The van der Waals surface area contributed by atoms with Crippen LogP contribution in [-0.4, -0.2) is 24.7 Å². The molecule has 14 heavy (non-hydrogen) atoms. The zero-order chi connectivity index (χ0) is 11.0. The van der Waals surface area contributed by atoms with Gasteiger partial charge >= 0.3 is 6.03 Å². The number of hydrogen-bond acceptors (Lipinski definition) is 2. The molecule has 4 N–H and O–H groups in total. The third-order valence-electron chi connectivity index (χ3n) is 2.54. The number of amides is 2. The summed E-state index contributed by atoms with van der Waals surface area (Å²) in [6.45, 7) is 7.34. The molecule has 0 aliphatic rings. The summed E-state index contributed by atoms with van der Waals surface area (Å²) in [4.78, 5) is 11.2. The third kappa shape index (κ3) is 5.07. The van der Waals surface area contributed by atoms with Gasteiger partial charge in [0, 0.05) is 18.6 Å². The standard InChI is InChI=1S/C10H23N3O/c1-4-7-12-9(14)13-8-10(11,5-2)6-3/h4-8,11H2,1-3H3,(H2,12,13,14). The van der Waals surface area contributed by atoms with Crippen LogP contribution in [0.5, 0.6) is 0 Å². The largest absolute Gasteiger partial charge is 0.338 e. The number of carbonyl (C=O) groups excluding carboxylic acids is 1. The van der Waals surface area contributed by atoms with Crippen molar-refractivity contribution in [3.05, 3.63) is 0 Å². The summed E-state index contributed by atoms with van der Waals surface area (Å²) in [7, 11) is 0. The molecule has 0 saturated heterocycles. The van der Waals surface area contributed by atoms with E-state index in [0.29, 0.717) is 13.1 Å². The molecule has 2 amide bonds. The second-order valence-corrected chi connectivity index (χ2v) is 3.68. The van der Waals surface area contributed by atoms with Crippen LogP contribution < -0.4 is 16.4 Å². The number of nitrogens with two attached hydrogens (primary N) is 1. The first-order chi connectivity index (χ1) is 6.58. The van der Waals surface area contributed by atoms with Crippen LogP contribution in [0.2, 0.25) is 0 Å². The van der Waals surface area contributed by atoms with E-state index in [2.05, 4.69) is 10.6 Å². The van der Waals surface area contributed by atoms with Crippen molar-refractivity contribution >= 4 is 6.03 Å². The van der Waals surface area contributed by atoms with Gasteiger partial charge in [0.15, 0.2) is 0 Å². The molecule has 0 bridgehead atoms. The van der Waals surface area contributed by atoms with Crippen molar-refractivity contribution < 1.29 is 4.79 Å². The molecular weight excluding hydrogens is 178 g/mol.